The number of benzene rings is 1. The predicted molar refractivity (Wildman–Crippen MR) is 87.3 cm³/mol. The fourth-order valence-corrected chi connectivity index (χ4v) is 1.83. The van der Waals surface area contributed by atoms with E-state index in [1.807, 2.05) is 52.0 Å². The second kappa shape index (κ2) is 8.19. The molecule has 116 valence electrons. The van der Waals surface area contributed by atoms with Gasteiger partial charge in [0.25, 0.3) is 0 Å². The first-order valence-electron chi connectivity index (χ1n) is 7.25. The van der Waals surface area contributed by atoms with Gasteiger partial charge in [-0.3, -0.25) is 9.59 Å². The summed E-state index contributed by atoms with van der Waals surface area (Å²) in [4.78, 5) is 23.5. The average Bonchev–Trinajstić information content (AvgIpc) is 2.47. The van der Waals surface area contributed by atoms with Crippen LogP contribution in [0.3, 0.4) is 0 Å². The van der Waals surface area contributed by atoms with Crippen molar-refractivity contribution in [2.24, 2.45) is 5.10 Å². The van der Waals surface area contributed by atoms with Crippen LogP contribution in [-0.4, -0.2) is 29.1 Å². The summed E-state index contributed by atoms with van der Waals surface area (Å²) in [5.41, 5.74) is 2.73. The largest absolute Gasteiger partial charge is 0.324 e. The number of amides is 2. The number of nitrogens with zero attached hydrogens (tertiary/aromatic N) is 2. The zero-order chi connectivity index (χ0) is 15.8. The average molecular weight is 291 g/mol. The van der Waals surface area contributed by atoms with Crippen LogP contribution in [0.5, 0.6) is 0 Å². The Labute approximate surface area is 127 Å². The van der Waals surface area contributed by atoms with Crippen molar-refractivity contribution in [2.75, 3.05) is 11.9 Å². The van der Waals surface area contributed by atoms with E-state index >= 15 is 0 Å². The Hall–Kier alpha value is -2.17. The summed E-state index contributed by atoms with van der Waals surface area (Å²) in [6.45, 7) is 7.80. The first kappa shape index (κ1) is 16.9. The highest BCUT2D eigenvalue weighted by Gasteiger charge is 2.20. The first-order chi connectivity index (χ1) is 10.0. The van der Waals surface area contributed by atoms with Gasteiger partial charge in [0.05, 0.1) is 0 Å². The molecule has 2 amide bonds. The summed E-state index contributed by atoms with van der Waals surface area (Å²) in [5.74, 6) is -0.347. The van der Waals surface area contributed by atoms with Crippen LogP contribution in [-0.2, 0) is 9.59 Å². The Morgan fingerprint density at radius 3 is 2.48 bits per heavy atom. The molecule has 0 saturated heterocycles. The second-order valence-corrected chi connectivity index (χ2v) is 4.70. The van der Waals surface area contributed by atoms with Crippen LogP contribution in [0.15, 0.2) is 29.4 Å². The molecule has 1 aromatic carbocycles. The fourth-order valence-electron chi connectivity index (χ4n) is 1.83. The molecule has 0 aromatic heterocycles. The molecule has 0 bridgehead atoms. The molecule has 0 atom stereocenters. The SMILES string of the molecule is CC.CC1=NN(CC(=O)Nc2ccc(C)cc2)C(=O)CC1.[HH]. The molecule has 1 N–H and O–H groups in total. The lowest BCUT2D eigenvalue weighted by atomic mass is 10.2. The number of anilines is 1. The van der Waals surface area contributed by atoms with Crippen LogP contribution in [0.4, 0.5) is 5.69 Å². The fraction of sp³-hybridized carbons (Fsp3) is 0.438. The number of hydrogen-bond donors (Lipinski definition) is 1. The monoisotopic (exact) mass is 291 g/mol. The number of rotatable bonds is 3. The Kier molecular flexibility index (Phi) is 6.59. The Morgan fingerprint density at radius 1 is 1.24 bits per heavy atom. The van der Waals surface area contributed by atoms with E-state index in [1.165, 1.54) is 5.01 Å². The van der Waals surface area contributed by atoms with E-state index < -0.39 is 0 Å². The summed E-state index contributed by atoms with van der Waals surface area (Å²) in [5, 5.41) is 8.09. The molecule has 0 spiro atoms. The minimum absolute atomic E-state index is 0. The highest BCUT2D eigenvalue weighted by atomic mass is 16.2. The van der Waals surface area contributed by atoms with Crippen molar-refractivity contribution in [1.82, 2.24) is 5.01 Å². The molecular formula is C16H25N3O2. The Morgan fingerprint density at radius 2 is 1.86 bits per heavy atom. The van der Waals surface area contributed by atoms with E-state index in [-0.39, 0.29) is 19.8 Å². The van der Waals surface area contributed by atoms with Crippen molar-refractivity contribution < 1.29 is 11.0 Å². The molecule has 1 aliphatic heterocycles. The molecule has 0 unspecified atom stereocenters. The lowest BCUT2D eigenvalue weighted by Gasteiger charge is -2.21. The van der Waals surface area contributed by atoms with Crippen LogP contribution in [0, 0.1) is 6.92 Å². The number of hydrazone groups is 1. The van der Waals surface area contributed by atoms with Gasteiger partial charge in [0, 0.05) is 19.2 Å². The van der Waals surface area contributed by atoms with E-state index in [0.29, 0.717) is 12.8 Å². The topological polar surface area (TPSA) is 61.8 Å². The van der Waals surface area contributed by atoms with Crippen molar-refractivity contribution >= 4 is 23.2 Å². The van der Waals surface area contributed by atoms with E-state index in [4.69, 9.17) is 0 Å². The molecule has 21 heavy (non-hydrogen) atoms. The van der Waals surface area contributed by atoms with Crippen molar-refractivity contribution in [1.29, 1.82) is 0 Å². The maximum atomic E-state index is 11.8. The lowest BCUT2D eigenvalue weighted by Crippen LogP contribution is -2.37. The van der Waals surface area contributed by atoms with E-state index in [0.717, 1.165) is 17.0 Å². The minimum atomic E-state index is -0.240. The molecule has 5 heteroatoms. The molecule has 1 aliphatic rings. The van der Waals surface area contributed by atoms with Crippen LogP contribution in [0.2, 0.25) is 0 Å². The Bertz CT molecular complexity index is 527. The summed E-state index contributed by atoms with van der Waals surface area (Å²) in [6, 6.07) is 7.51. The van der Waals surface area contributed by atoms with E-state index in [2.05, 4.69) is 10.4 Å². The quantitative estimate of drug-likeness (QED) is 0.929. The molecule has 1 heterocycles. The summed E-state index contributed by atoms with van der Waals surface area (Å²) in [6.07, 6.45) is 1.10. The molecular weight excluding hydrogens is 266 g/mol. The summed E-state index contributed by atoms with van der Waals surface area (Å²) >= 11 is 0. The smallest absolute Gasteiger partial charge is 0.246 e. The van der Waals surface area contributed by atoms with Crippen molar-refractivity contribution in [3.63, 3.8) is 0 Å². The van der Waals surface area contributed by atoms with Gasteiger partial charge in [-0.05, 0) is 32.4 Å². The third-order valence-electron chi connectivity index (χ3n) is 2.91. The highest BCUT2D eigenvalue weighted by Crippen LogP contribution is 2.11. The molecule has 1 aromatic rings. The van der Waals surface area contributed by atoms with Gasteiger partial charge in [0.15, 0.2) is 0 Å². The van der Waals surface area contributed by atoms with Crippen molar-refractivity contribution in [3.8, 4) is 0 Å². The number of carbonyl (C=O) groups excluding carboxylic acids is 2. The standard InChI is InChI=1S/C14H17N3O2.C2H6.H2/c1-10-3-6-12(7-4-10)15-13(18)9-17-14(19)8-5-11(2)16-17;1-2;/h3-4,6-7H,5,8-9H2,1-2H3,(H,15,18);1-2H3;1H. The number of carbonyl (C=O) groups is 2. The number of hydrogen-bond acceptors (Lipinski definition) is 3. The molecule has 0 saturated carbocycles. The van der Waals surface area contributed by atoms with E-state index in [9.17, 15) is 9.59 Å². The third kappa shape index (κ3) is 5.38. The van der Waals surface area contributed by atoms with Crippen LogP contribution in [0.25, 0.3) is 0 Å². The van der Waals surface area contributed by atoms with Gasteiger partial charge in [0.2, 0.25) is 11.8 Å². The lowest BCUT2D eigenvalue weighted by molar-refractivity contribution is -0.135. The normalized spacial score (nSPS) is 14.0. The van der Waals surface area contributed by atoms with Gasteiger partial charge >= 0.3 is 0 Å². The number of nitrogens with one attached hydrogen (secondary N) is 1. The van der Waals surface area contributed by atoms with Gasteiger partial charge in [0.1, 0.15) is 6.54 Å². The molecule has 0 aliphatic carbocycles. The molecule has 0 fully saturated rings. The van der Waals surface area contributed by atoms with Crippen molar-refractivity contribution in [2.45, 2.75) is 40.5 Å². The summed E-state index contributed by atoms with van der Waals surface area (Å²) < 4.78 is 0. The van der Waals surface area contributed by atoms with Crippen LogP contribution < -0.4 is 5.32 Å². The Balaban J connectivity index is 0.00000141. The zero-order valence-electron chi connectivity index (χ0n) is 13.1. The van der Waals surface area contributed by atoms with Gasteiger partial charge in [-0.15, -0.1) is 0 Å². The summed E-state index contributed by atoms with van der Waals surface area (Å²) in [7, 11) is 0. The first-order valence-corrected chi connectivity index (χ1v) is 7.25. The van der Waals surface area contributed by atoms with Gasteiger partial charge in [-0.2, -0.15) is 5.10 Å². The van der Waals surface area contributed by atoms with Crippen LogP contribution in [0.1, 0.15) is 40.6 Å². The maximum Gasteiger partial charge on any atom is 0.246 e. The third-order valence-corrected chi connectivity index (χ3v) is 2.91. The van der Waals surface area contributed by atoms with Gasteiger partial charge in [-0.1, -0.05) is 31.5 Å². The molecule has 2 rings (SSSR count). The maximum absolute atomic E-state index is 11.8. The second-order valence-electron chi connectivity index (χ2n) is 4.70. The molecule has 5 nitrogen and oxygen atoms in total. The van der Waals surface area contributed by atoms with Crippen LogP contribution >= 0.6 is 0 Å². The van der Waals surface area contributed by atoms with Crippen molar-refractivity contribution in [3.05, 3.63) is 29.8 Å². The van der Waals surface area contributed by atoms with Gasteiger partial charge < -0.3 is 5.32 Å². The predicted octanol–water partition coefficient (Wildman–Crippen LogP) is 3.20. The van der Waals surface area contributed by atoms with E-state index in [1.54, 1.807) is 0 Å². The molecule has 0 radical (unpaired) electrons. The highest BCUT2D eigenvalue weighted by molar-refractivity contribution is 5.97. The minimum Gasteiger partial charge on any atom is -0.324 e. The van der Waals surface area contributed by atoms with Gasteiger partial charge in [-0.25, -0.2) is 5.01 Å². The number of aryl methyl sites for hydroxylation is 1. The zero-order valence-corrected chi connectivity index (χ0v) is 13.1.